The van der Waals surface area contributed by atoms with Crippen LogP contribution in [0.1, 0.15) is 19.3 Å². The Kier molecular flexibility index (Phi) is 6.52. The highest BCUT2D eigenvalue weighted by atomic mass is 32.2. The van der Waals surface area contributed by atoms with Crippen LogP contribution in [-0.4, -0.2) is 45.9 Å². The molecule has 0 saturated carbocycles. The van der Waals surface area contributed by atoms with Gasteiger partial charge in [0.05, 0.1) is 18.1 Å². The highest BCUT2D eigenvalue weighted by molar-refractivity contribution is 7.89. The third-order valence-corrected chi connectivity index (χ3v) is 5.03. The van der Waals surface area contributed by atoms with E-state index in [2.05, 4.69) is 4.72 Å². The largest absolute Gasteiger partial charge is 0.490 e. The van der Waals surface area contributed by atoms with Gasteiger partial charge in [0.2, 0.25) is 10.0 Å². The molecule has 1 aromatic carbocycles. The van der Waals surface area contributed by atoms with Gasteiger partial charge < -0.3 is 14.6 Å². The zero-order valence-electron chi connectivity index (χ0n) is 13.0. The molecule has 1 atom stereocenters. The van der Waals surface area contributed by atoms with E-state index in [9.17, 15) is 17.6 Å². The molecule has 1 saturated heterocycles. The van der Waals surface area contributed by atoms with Crippen LogP contribution in [0.15, 0.2) is 23.1 Å². The number of hydrogen-bond donors (Lipinski definition) is 2. The van der Waals surface area contributed by atoms with E-state index >= 15 is 0 Å². The summed E-state index contributed by atoms with van der Waals surface area (Å²) < 4.78 is 50.9. The number of carboxylic acids is 1. The smallest absolute Gasteiger partial charge is 0.303 e. The quantitative estimate of drug-likeness (QED) is 0.645. The van der Waals surface area contributed by atoms with Gasteiger partial charge in [-0.3, -0.25) is 4.79 Å². The van der Waals surface area contributed by atoms with Crippen LogP contribution in [0.4, 0.5) is 4.39 Å². The van der Waals surface area contributed by atoms with Gasteiger partial charge in [0.15, 0.2) is 11.6 Å². The number of nitrogens with one attached hydrogen (secondary N) is 1. The summed E-state index contributed by atoms with van der Waals surface area (Å²) in [5.41, 5.74) is 0. The Morgan fingerprint density at radius 1 is 1.46 bits per heavy atom. The third-order valence-electron chi connectivity index (χ3n) is 3.57. The first kappa shape index (κ1) is 18.6. The van der Waals surface area contributed by atoms with Gasteiger partial charge in [0.25, 0.3) is 0 Å². The Bertz CT molecular complexity index is 673. The maximum atomic E-state index is 14.0. The number of carboxylic acid groups (broad SMARTS) is 1. The van der Waals surface area contributed by atoms with Crippen molar-refractivity contribution < 1.29 is 32.2 Å². The lowest BCUT2D eigenvalue weighted by atomic mass is 10.1. The number of carbonyl (C=O) groups is 1. The van der Waals surface area contributed by atoms with E-state index in [0.29, 0.717) is 19.8 Å². The topological polar surface area (TPSA) is 102 Å². The normalized spacial score (nSPS) is 17.8. The highest BCUT2D eigenvalue weighted by Crippen LogP contribution is 2.23. The van der Waals surface area contributed by atoms with E-state index in [1.807, 2.05) is 0 Å². The molecule has 1 aromatic rings. The highest BCUT2D eigenvalue weighted by Gasteiger charge is 2.19. The van der Waals surface area contributed by atoms with Crippen LogP contribution in [0.5, 0.6) is 5.75 Å². The van der Waals surface area contributed by atoms with Gasteiger partial charge >= 0.3 is 5.97 Å². The van der Waals surface area contributed by atoms with Crippen LogP contribution in [0.25, 0.3) is 0 Å². The summed E-state index contributed by atoms with van der Waals surface area (Å²) in [6, 6.07) is 3.42. The standard InChI is InChI=1S/C15H20FNO6S/c16-13-8-12(24(20,21)17-6-1-2-15(18)19)3-4-14(13)23-10-11-5-7-22-9-11/h3-4,8,11,17H,1-2,5-7,9-10H2,(H,18,19). The first-order chi connectivity index (χ1) is 11.4. The maximum absolute atomic E-state index is 14.0. The molecular weight excluding hydrogens is 341 g/mol. The second kappa shape index (κ2) is 8.41. The molecule has 0 bridgehead atoms. The number of benzene rings is 1. The number of aliphatic carboxylic acids is 1. The molecule has 134 valence electrons. The van der Waals surface area contributed by atoms with Gasteiger partial charge in [-0.05, 0) is 31.0 Å². The van der Waals surface area contributed by atoms with Crippen LogP contribution in [-0.2, 0) is 19.6 Å². The molecule has 7 nitrogen and oxygen atoms in total. The van der Waals surface area contributed by atoms with Crippen molar-refractivity contribution in [2.45, 2.75) is 24.2 Å². The minimum absolute atomic E-state index is 0.00766. The van der Waals surface area contributed by atoms with Gasteiger partial charge in [-0.15, -0.1) is 0 Å². The van der Waals surface area contributed by atoms with E-state index in [-0.39, 0.29) is 35.9 Å². The molecule has 1 unspecified atom stereocenters. The lowest BCUT2D eigenvalue weighted by Gasteiger charge is -2.12. The fourth-order valence-corrected chi connectivity index (χ4v) is 3.30. The molecular formula is C15H20FNO6S. The third kappa shape index (κ3) is 5.43. The van der Waals surface area contributed by atoms with Crippen molar-refractivity contribution in [2.24, 2.45) is 5.92 Å². The first-order valence-electron chi connectivity index (χ1n) is 7.60. The molecule has 1 heterocycles. The van der Waals surface area contributed by atoms with Gasteiger partial charge in [-0.25, -0.2) is 17.5 Å². The first-order valence-corrected chi connectivity index (χ1v) is 9.08. The van der Waals surface area contributed by atoms with Gasteiger partial charge in [-0.2, -0.15) is 0 Å². The summed E-state index contributed by atoms with van der Waals surface area (Å²) in [5, 5.41) is 8.51. The average Bonchev–Trinajstić information content (AvgIpc) is 3.03. The minimum Gasteiger partial charge on any atom is -0.490 e. The maximum Gasteiger partial charge on any atom is 0.303 e. The molecule has 0 radical (unpaired) electrons. The van der Waals surface area contributed by atoms with Gasteiger partial charge in [-0.1, -0.05) is 0 Å². The van der Waals surface area contributed by atoms with E-state index in [1.165, 1.54) is 12.1 Å². The Morgan fingerprint density at radius 2 is 2.25 bits per heavy atom. The SMILES string of the molecule is O=C(O)CCCNS(=O)(=O)c1ccc(OCC2CCOC2)c(F)c1. The van der Waals surface area contributed by atoms with Gasteiger partial charge in [0, 0.05) is 25.5 Å². The van der Waals surface area contributed by atoms with E-state index in [0.717, 1.165) is 12.5 Å². The predicted molar refractivity (Wildman–Crippen MR) is 82.9 cm³/mol. The summed E-state index contributed by atoms with van der Waals surface area (Å²) in [7, 11) is -3.89. The fraction of sp³-hybridized carbons (Fsp3) is 0.533. The molecule has 1 aliphatic heterocycles. The second-order valence-corrected chi connectivity index (χ2v) is 7.29. The molecule has 0 spiro atoms. The predicted octanol–water partition coefficient (Wildman–Crippen LogP) is 1.38. The van der Waals surface area contributed by atoms with Crippen LogP contribution < -0.4 is 9.46 Å². The molecule has 0 aromatic heterocycles. The summed E-state index contributed by atoms with van der Waals surface area (Å²) >= 11 is 0. The summed E-state index contributed by atoms with van der Waals surface area (Å²) in [4.78, 5) is 10.2. The molecule has 24 heavy (non-hydrogen) atoms. The summed E-state index contributed by atoms with van der Waals surface area (Å²) in [6.07, 6.45) is 0.866. The molecule has 1 fully saturated rings. The average molecular weight is 361 g/mol. The number of halogens is 1. The molecule has 2 rings (SSSR count). The van der Waals surface area contributed by atoms with Crippen molar-refractivity contribution in [2.75, 3.05) is 26.4 Å². The Balaban J connectivity index is 1.92. The fourth-order valence-electron chi connectivity index (χ4n) is 2.22. The monoisotopic (exact) mass is 361 g/mol. The molecule has 2 N–H and O–H groups in total. The molecule has 0 amide bonds. The molecule has 1 aliphatic rings. The number of rotatable bonds is 9. The van der Waals surface area contributed by atoms with E-state index in [1.54, 1.807) is 0 Å². The minimum atomic E-state index is -3.89. The van der Waals surface area contributed by atoms with Gasteiger partial charge in [0.1, 0.15) is 0 Å². The Hall–Kier alpha value is -1.71. The zero-order chi connectivity index (χ0) is 17.6. The zero-order valence-corrected chi connectivity index (χ0v) is 13.9. The van der Waals surface area contributed by atoms with Crippen LogP contribution in [0, 0.1) is 11.7 Å². The second-order valence-electron chi connectivity index (χ2n) is 5.53. The van der Waals surface area contributed by atoms with Crippen molar-refractivity contribution in [3.8, 4) is 5.75 Å². The van der Waals surface area contributed by atoms with Crippen molar-refractivity contribution in [3.63, 3.8) is 0 Å². The van der Waals surface area contributed by atoms with Crippen LogP contribution >= 0.6 is 0 Å². The van der Waals surface area contributed by atoms with Crippen molar-refractivity contribution in [1.29, 1.82) is 0 Å². The molecule has 9 heteroatoms. The lowest BCUT2D eigenvalue weighted by molar-refractivity contribution is -0.137. The summed E-state index contributed by atoms with van der Waals surface area (Å²) in [6.45, 7) is 1.53. The van der Waals surface area contributed by atoms with Crippen molar-refractivity contribution >= 4 is 16.0 Å². The van der Waals surface area contributed by atoms with Crippen molar-refractivity contribution in [1.82, 2.24) is 4.72 Å². The number of ether oxygens (including phenoxy) is 2. The Morgan fingerprint density at radius 3 is 2.88 bits per heavy atom. The van der Waals surface area contributed by atoms with Crippen molar-refractivity contribution in [3.05, 3.63) is 24.0 Å². The van der Waals surface area contributed by atoms with E-state index in [4.69, 9.17) is 14.6 Å². The molecule has 0 aliphatic carbocycles. The lowest BCUT2D eigenvalue weighted by Crippen LogP contribution is -2.25. The van der Waals surface area contributed by atoms with Crippen LogP contribution in [0.2, 0.25) is 0 Å². The summed E-state index contributed by atoms with van der Waals surface area (Å²) in [5.74, 6) is -1.56. The Labute approximate surface area is 139 Å². The number of sulfonamides is 1. The number of hydrogen-bond acceptors (Lipinski definition) is 5. The van der Waals surface area contributed by atoms with E-state index < -0.39 is 21.8 Å². The van der Waals surface area contributed by atoms with Crippen LogP contribution in [0.3, 0.4) is 0 Å².